The fraction of sp³-hybridized carbons (Fsp3) is 0.267. The van der Waals surface area contributed by atoms with Crippen LogP contribution in [-0.2, 0) is 17.6 Å². The third kappa shape index (κ3) is 5.35. The molecule has 3 aromatic heterocycles. The van der Waals surface area contributed by atoms with Gasteiger partial charge >= 0.3 is 0 Å². The Morgan fingerprint density at radius 3 is 2.48 bits per heavy atom. The van der Waals surface area contributed by atoms with E-state index >= 15 is 0 Å². The summed E-state index contributed by atoms with van der Waals surface area (Å²) >= 11 is 1.34. The summed E-state index contributed by atoms with van der Waals surface area (Å²) in [4.78, 5) is 31.8. The van der Waals surface area contributed by atoms with Gasteiger partial charge in [0.2, 0.25) is 5.91 Å². The smallest absolute Gasteiger partial charge is 0.268 e. The zero-order chi connectivity index (χ0) is 28.4. The highest BCUT2D eigenvalue weighted by Gasteiger charge is 2.20. The molecule has 40 heavy (non-hydrogen) atoms. The van der Waals surface area contributed by atoms with Crippen molar-refractivity contribution in [2.45, 2.75) is 33.6 Å². The molecule has 0 spiro atoms. The van der Waals surface area contributed by atoms with Gasteiger partial charge < -0.3 is 14.8 Å². The van der Waals surface area contributed by atoms with Crippen LogP contribution >= 0.6 is 11.3 Å². The summed E-state index contributed by atoms with van der Waals surface area (Å²) in [6, 6.07) is 15.6. The number of rotatable bonds is 9. The van der Waals surface area contributed by atoms with Crippen molar-refractivity contribution in [3.05, 3.63) is 92.5 Å². The number of carbonyl (C=O) groups is 1. The van der Waals surface area contributed by atoms with Gasteiger partial charge in [-0.1, -0.05) is 23.8 Å². The Morgan fingerprint density at radius 2 is 1.75 bits per heavy atom. The maximum Gasteiger partial charge on any atom is 0.268 e. The number of methoxy groups -OCH3 is 2. The van der Waals surface area contributed by atoms with Crippen molar-refractivity contribution in [3.8, 4) is 28.4 Å². The van der Waals surface area contributed by atoms with Crippen LogP contribution in [-0.4, -0.2) is 45.8 Å². The first kappa shape index (κ1) is 27.1. The highest BCUT2D eigenvalue weighted by atomic mass is 32.1. The van der Waals surface area contributed by atoms with E-state index in [9.17, 15) is 9.59 Å². The fourth-order valence-corrected chi connectivity index (χ4v) is 5.60. The number of hydrogen-bond acceptors (Lipinski definition) is 7. The molecule has 0 atom stereocenters. The quantitative estimate of drug-likeness (QED) is 0.287. The molecular weight excluding hydrogens is 526 g/mol. The molecule has 206 valence electrons. The first-order valence-corrected chi connectivity index (χ1v) is 13.8. The van der Waals surface area contributed by atoms with Gasteiger partial charge in [-0.15, -0.1) is 11.3 Å². The van der Waals surface area contributed by atoms with Gasteiger partial charge in [0, 0.05) is 23.3 Å². The minimum Gasteiger partial charge on any atom is -0.493 e. The van der Waals surface area contributed by atoms with E-state index in [4.69, 9.17) is 14.6 Å². The molecule has 0 aliphatic carbocycles. The van der Waals surface area contributed by atoms with E-state index in [0.717, 1.165) is 22.5 Å². The lowest BCUT2D eigenvalue weighted by atomic mass is 10.1. The van der Waals surface area contributed by atoms with Crippen LogP contribution in [0.2, 0.25) is 0 Å². The lowest BCUT2D eigenvalue weighted by molar-refractivity contribution is -0.120. The predicted molar refractivity (Wildman–Crippen MR) is 156 cm³/mol. The van der Waals surface area contributed by atoms with Gasteiger partial charge in [0.15, 0.2) is 16.5 Å². The lowest BCUT2D eigenvalue weighted by Gasteiger charge is -2.10. The molecule has 0 aliphatic rings. The Morgan fingerprint density at radius 1 is 1.00 bits per heavy atom. The van der Waals surface area contributed by atoms with Crippen LogP contribution in [0.15, 0.2) is 58.7 Å². The van der Waals surface area contributed by atoms with E-state index in [-0.39, 0.29) is 17.9 Å². The molecule has 0 aliphatic heterocycles. The first-order valence-electron chi connectivity index (χ1n) is 12.9. The molecule has 0 bridgehead atoms. The second kappa shape index (κ2) is 11.4. The van der Waals surface area contributed by atoms with Crippen molar-refractivity contribution < 1.29 is 14.3 Å². The second-order valence-electron chi connectivity index (χ2n) is 9.61. The van der Waals surface area contributed by atoms with E-state index in [2.05, 4.69) is 10.3 Å². The van der Waals surface area contributed by atoms with Crippen molar-refractivity contribution in [1.82, 2.24) is 24.5 Å². The van der Waals surface area contributed by atoms with Crippen LogP contribution in [0.25, 0.3) is 21.9 Å². The molecule has 2 aromatic carbocycles. The van der Waals surface area contributed by atoms with Crippen molar-refractivity contribution in [1.29, 1.82) is 0 Å². The number of benzene rings is 2. The number of hydrogen-bond donors (Lipinski definition) is 1. The van der Waals surface area contributed by atoms with Crippen LogP contribution < -0.4 is 20.3 Å². The number of thiazole rings is 1. The van der Waals surface area contributed by atoms with Crippen molar-refractivity contribution in [3.63, 3.8) is 0 Å². The Hall–Kier alpha value is -4.44. The summed E-state index contributed by atoms with van der Waals surface area (Å²) in [5.41, 5.74) is 5.95. The zero-order valence-electron chi connectivity index (χ0n) is 23.1. The van der Waals surface area contributed by atoms with Gasteiger partial charge in [0.1, 0.15) is 5.69 Å². The average Bonchev–Trinajstić information content (AvgIpc) is 3.51. The number of aromatic nitrogens is 4. The molecule has 0 saturated carbocycles. The maximum atomic E-state index is 13.8. The minimum absolute atomic E-state index is 0.0624. The van der Waals surface area contributed by atoms with Gasteiger partial charge in [0.25, 0.3) is 5.56 Å². The van der Waals surface area contributed by atoms with E-state index in [1.165, 1.54) is 15.7 Å². The molecule has 0 fully saturated rings. The third-order valence-corrected chi connectivity index (χ3v) is 7.64. The summed E-state index contributed by atoms with van der Waals surface area (Å²) in [6.45, 7) is 6.26. The minimum atomic E-state index is -0.231. The van der Waals surface area contributed by atoms with E-state index in [1.54, 1.807) is 14.2 Å². The van der Waals surface area contributed by atoms with Crippen molar-refractivity contribution in [2.75, 3.05) is 20.8 Å². The number of nitrogens with zero attached hydrogens (tertiary/aromatic N) is 4. The molecular formula is C30H31N5O4S. The molecule has 5 rings (SSSR count). The molecule has 1 amide bonds. The largest absolute Gasteiger partial charge is 0.493 e. The standard InChI is InChI=1S/C30H31N5O4S/c1-18-6-9-22(10-7-18)35-19(2)14-24(33-35)28-20(3)32-30-34(29(28)37)23(17-40-30)16-27(36)31-13-12-21-8-11-25(38-4)26(15-21)39-5/h6-11,14-15,17H,12-13,16H2,1-5H3,(H,31,36). The summed E-state index contributed by atoms with van der Waals surface area (Å²) < 4.78 is 14.0. The normalized spacial score (nSPS) is 11.1. The Balaban J connectivity index is 1.35. The molecule has 10 heteroatoms. The molecule has 0 unspecified atom stereocenters. The highest BCUT2D eigenvalue weighted by Crippen LogP contribution is 2.28. The molecule has 9 nitrogen and oxygen atoms in total. The number of carbonyl (C=O) groups excluding carboxylic acids is 1. The third-order valence-electron chi connectivity index (χ3n) is 6.77. The number of ether oxygens (including phenoxy) is 2. The molecule has 0 saturated heterocycles. The van der Waals surface area contributed by atoms with Gasteiger partial charge in [-0.25, -0.2) is 9.67 Å². The Kier molecular flexibility index (Phi) is 7.70. The Bertz CT molecular complexity index is 1750. The topological polar surface area (TPSA) is 99.7 Å². The molecule has 3 heterocycles. The van der Waals surface area contributed by atoms with Crippen molar-refractivity contribution in [2.24, 2.45) is 0 Å². The molecule has 0 radical (unpaired) electrons. The van der Waals surface area contributed by atoms with Gasteiger partial charge in [-0.2, -0.15) is 5.10 Å². The highest BCUT2D eigenvalue weighted by molar-refractivity contribution is 7.15. The Labute approximate surface area is 236 Å². The van der Waals surface area contributed by atoms with Crippen LogP contribution in [0.3, 0.4) is 0 Å². The zero-order valence-corrected chi connectivity index (χ0v) is 24.0. The molecule has 5 aromatic rings. The fourth-order valence-electron chi connectivity index (χ4n) is 4.68. The van der Waals surface area contributed by atoms with Crippen LogP contribution in [0, 0.1) is 20.8 Å². The van der Waals surface area contributed by atoms with Crippen LogP contribution in [0.5, 0.6) is 11.5 Å². The SMILES string of the molecule is COc1ccc(CCNC(=O)Cc2csc3nc(C)c(-c4cc(C)n(-c5ccc(C)cc5)n4)c(=O)n23)cc1OC. The van der Waals surface area contributed by atoms with Gasteiger partial charge in [-0.05, 0) is 63.1 Å². The predicted octanol–water partition coefficient (Wildman–Crippen LogP) is 4.45. The number of nitrogens with one attached hydrogen (secondary N) is 1. The van der Waals surface area contributed by atoms with Crippen LogP contribution in [0.4, 0.5) is 0 Å². The van der Waals surface area contributed by atoms with E-state index in [1.807, 2.05) is 79.4 Å². The summed E-state index contributed by atoms with van der Waals surface area (Å²) in [5.74, 6) is 1.13. The average molecular weight is 558 g/mol. The number of aryl methyl sites for hydroxylation is 3. The molecule has 1 N–H and O–H groups in total. The maximum absolute atomic E-state index is 13.8. The summed E-state index contributed by atoms with van der Waals surface area (Å²) in [6.07, 6.45) is 0.692. The first-order chi connectivity index (χ1) is 19.3. The summed E-state index contributed by atoms with van der Waals surface area (Å²) in [7, 11) is 3.19. The van der Waals surface area contributed by atoms with Gasteiger partial charge in [-0.3, -0.25) is 14.0 Å². The van der Waals surface area contributed by atoms with E-state index in [0.29, 0.717) is 52.1 Å². The number of amides is 1. The second-order valence-corrected chi connectivity index (χ2v) is 10.4. The lowest BCUT2D eigenvalue weighted by Crippen LogP contribution is -2.29. The summed E-state index contributed by atoms with van der Waals surface area (Å²) in [5, 5.41) is 9.52. The monoisotopic (exact) mass is 557 g/mol. The van der Waals surface area contributed by atoms with Crippen molar-refractivity contribution >= 4 is 22.2 Å². The van der Waals surface area contributed by atoms with Crippen LogP contribution in [0.1, 0.15) is 28.2 Å². The van der Waals surface area contributed by atoms with E-state index < -0.39 is 0 Å². The number of fused-ring (bicyclic) bond motifs is 1. The van der Waals surface area contributed by atoms with Gasteiger partial charge in [0.05, 0.1) is 37.6 Å².